The van der Waals surface area contributed by atoms with Crippen LogP contribution in [0.3, 0.4) is 0 Å². The highest BCUT2D eigenvalue weighted by Gasteiger charge is 2.20. The lowest BCUT2D eigenvalue weighted by atomic mass is 10.0. The van der Waals surface area contributed by atoms with Crippen molar-refractivity contribution in [3.8, 4) is 0 Å². The minimum Gasteiger partial charge on any atom is -0.462 e. The monoisotopic (exact) mass is 201 g/mol. The minimum atomic E-state index is -0.151. The maximum absolute atomic E-state index is 11.6. The van der Waals surface area contributed by atoms with Gasteiger partial charge in [-0.2, -0.15) is 0 Å². The lowest BCUT2D eigenvalue weighted by Crippen LogP contribution is -2.39. The number of carbonyl (C=O) groups excluding carboxylic acids is 1. The predicted molar refractivity (Wildman–Crippen MR) is 58.1 cm³/mol. The molecule has 0 aromatic rings. The Morgan fingerprint density at radius 2 is 1.86 bits per heavy atom. The van der Waals surface area contributed by atoms with Gasteiger partial charge in [0.25, 0.3) is 0 Å². The molecule has 0 aliphatic rings. The number of likely N-dealkylation sites (N-methyl/N-ethyl adjacent to an activating group) is 1. The molecule has 84 valence electrons. The summed E-state index contributed by atoms with van der Waals surface area (Å²) in [5.74, 6) is 0.370. The second-order valence-corrected chi connectivity index (χ2v) is 4.23. The standard InChI is InChI=1S/C11H23NO2/c1-6-12-10(7-8(2)3)11(13)14-9(4)5/h8-10,12H,6-7H2,1-5H3/t10-/m1/s1. The van der Waals surface area contributed by atoms with Crippen molar-refractivity contribution in [3.63, 3.8) is 0 Å². The van der Waals surface area contributed by atoms with Gasteiger partial charge >= 0.3 is 5.97 Å². The van der Waals surface area contributed by atoms with Gasteiger partial charge in [0.1, 0.15) is 6.04 Å². The average molecular weight is 201 g/mol. The second kappa shape index (κ2) is 6.82. The molecule has 0 bridgehead atoms. The maximum Gasteiger partial charge on any atom is 0.323 e. The van der Waals surface area contributed by atoms with Crippen LogP contribution in [0.15, 0.2) is 0 Å². The van der Waals surface area contributed by atoms with Crippen molar-refractivity contribution in [1.82, 2.24) is 5.32 Å². The van der Waals surface area contributed by atoms with E-state index in [9.17, 15) is 4.79 Å². The first kappa shape index (κ1) is 13.4. The van der Waals surface area contributed by atoms with E-state index in [4.69, 9.17) is 4.74 Å². The van der Waals surface area contributed by atoms with Gasteiger partial charge in [-0.1, -0.05) is 20.8 Å². The molecular formula is C11H23NO2. The van der Waals surface area contributed by atoms with Crippen molar-refractivity contribution in [3.05, 3.63) is 0 Å². The zero-order chi connectivity index (χ0) is 11.1. The lowest BCUT2D eigenvalue weighted by molar-refractivity contribution is -0.150. The topological polar surface area (TPSA) is 38.3 Å². The van der Waals surface area contributed by atoms with Gasteiger partial charge < -0.3 is 10.1 Å². The third kappa shape index (κ3) is 5.97. The van der Waals surface area contributed by atoms with Crippen LogP contribution < -0.4 is 5.32 Å². The highest BCUT2D eigenvalue weighted by Crippen LogP contribution is 2.07. The molecule has 0 saturated heterocycles. The second-order valence-electron chi connectivity index (χ2n) is 4.23. The molecule has 0 saturated carbocycles. The minimum absolute atomic E-state index is 0.0316. The van der Waals surface area contributed by atoms with Crippen molar-refractivity contribution >= 4 is 5.97 Å². The predicted octanol–water partition coefficient (Wildman–Crippen LogP) is 1.96. The first-order chi connectivity index (χ1) is 6.47. The molecule has 0 fully saturated rings. The van der Waals surface area contributed by atoms with Crippen LogP contribution in [0.2, 0.25) is 0 Å². The van der Waals surface area contributed by atoms with Crippen LogP contribution >= 0.6 is 0 Å². The summed E-state index contributed by atoms with van der Waals surface area (Å²) in [6.07, 6.45) is 0.801. The van der Waals surface area contributed by atoms with Gasteiger partial charge in [-0.25, -0.2) is 0 Å². The molecule has 0 aliphatic carbocycles. The van der Waals surface area contributed by atoms with Crippen molar-refractivity contribution in [2.45, 2.75) is 53.2 Å². The van der Waals surface area contributed by atoms with E-state index in [2.05, 4.69) is 19.2 Å². The Balaban J connectivity index is 4.10. The Morgan fingerprint density at radius 3 is 2.21 bits per heavy atom. The summed E-state index contributed by atoms with van der Waals surface area (Å²) < 4.78 is 5.16. The summed E-state index contributed by atoms with van der Waals surface area (Å²) in [6, 6.07) is -0.151. The third-order valence-electron chi connectivity index (χ3n) is 1.79. The Labute approximate surface area is 87.2 Å². The number of hydrogen-bond donors (Lipinski definition) is 1. The first-order valence-corrected chi connectivity index (χ1v) is 5.41. The van der Waals surface area contributed by atoms with Crippen molar-refractivity contribution in [1.29, 1.82) is 0 Å². The molecule has 0 radical (unpaired) electrons. The number of nitrogens with one attached hydrogen (secondary N) is 1. The van der Waals surface area contributed by atoms with E-state index in [0.29, 0.717) is 5.92 Å². The molecule has 14 heavy (non-hydrogen) atoms. The molecule has 0 aliphatic heterocycles. The van der Waals surface area contributed by atoms with E-state index >= 15 is 0 Å². The number of carbonyl (C=O) groups is 1. The molecule has 0 spiro atoms. The van der Waals surface area contributed by atoms with E-state index in [1.165, 1.54) is 0 Å². The van der Waals surface area contributed by atoms with Crippen LogP contribution in [0, 0.1) is 5.92 Å². The van der Waals surface area contributed by atoms with E-state index in [1.807, 2.05) is 20.8 Å². The fraction of sp³-hybridized carbons (Fsp3) is 0.909. The van der Waals surface area contributed by atoms with E-state index in [1.54, 1.807) is 0 Å². The number of esters is 1. The molecule has 0 unspecified atom stereocenters. The zero-order valence-corrected chi connectivity index (χ0v) is 9.96. The number of rotatable bonds is 6. The van der Waals surface area contributed by atoms with Crippen molar-refractivity contribution < 1.29 is 9.53 Å². The Bertz CT molecular complexity index is 167. The van der Waals surface area contributed by atoms with E-state index < -0.39 is 0 Å². The summed E-state index contributed by atoms with van der Waals surface area (Å²) >= 11 is 0. The summed E-state index contributed by atoms with van der Waals surface area (Å²) in [7, 11) is 0. The molecule has 0 aromatic carbocycles. The number of ether oxygens (including phenoxy) is 1. The van der Waals surface area contributed by atoms with Gasteiger partial charge in [-0.05, 0) is 32.7 Å². The molecule has 0 heterocycles. The molecule has 3 heteroatoms. The molecule has 3 nitrogen and oxygen atoms in total. The smallest absolute Gasteiger partial charge is 0.323 e. The van der Waals surface area contributed by atoms with Gasteiger partial charge in [-0.15, -0.1) is 0 Å². The van der Waals surface area contributed by atoms with Gasteiger partial charge in [0, 0.05) is 0 Å². The third-order valence-corrected chi connectivity index (χ3v) is 1.79. The highest BCUT2D eigenvalue weighted by molar-refractivity contribution is 5.75. The fourth-order valence-corrected chi connectivity index (χ4v) is 1.30. The van der Waals surface area contributed by atoms with Crippen LogP contribution in [-0.2, 0) is 9.53 Å². The van der Waals surface area contributed by atoms with E-state index in [0.717, 1.165) is 13.0 Å². The van der Waals surface area contributed by atoms with Gasteiger partial charge in [0.05, 0.1) is 6.10 Å². The Kier molecular flexibility index (Phi) is 6.54. The lowest BCUT2D eigenvalue weighted by Gasteiger charge is -2.19. The van der Waals surface area contributed by atoms with E-state index in [-0.39, 0.29) is 18.1 Å². The van der Waals surface area contributed by atoms with Crippen LogP contribution in [0.25, 0.3) is 0 Å². The quantitative estimate of drug-likeness (QED) is 0.668. The van der Waals surface area contributed by atoms with Crippen LogP contribution in [-0.4, -0.2) is 24.7 Å². The Hall–Kier alpha value is -0.570. The molecule has 0 amide bonds. The van der Waals surface area contributed by atoms with Gasteiger partial charge in [0.15, 0.2) is 0 Å². The maximum atomic E-state index is 11.6. The normalized spacial score (nSPS) is 13.4. The van der Waals surface area contributed by atoms with Crippen molar-refractivity contribution in [2.75, 3.05) is 6.54 Å². The summed E-state index contributed by atoms with van der Waals surface area (Å²) in [5.41, 5.74) is 0. The fourth-order valence-electron chi connectivity index (χ4n) is 1.30. The highest BCUT2D eigenvalue weighted by atomic mass is 16.5. The summed E-state index contributed by atoms with van der Waals surface area (Å²) in [6.45, 7) is 10.7. The van der Waals surface area contributed by atoms with Gasteiger partial charge in [0.2, 0.25) is 0 Å². The first-order valence-electron chi connectivity index (χ1n) is 5.41. The van der Waals surface area contributed by atoms with Crippen LogP contribution in [0.1, 0.15) is 41.0 Å². The summed E-state index contributed by atoms with van der Waals surface area (Å²) in [4.78, 5) is 11.6. The Morgan fingerprint density at radius 1 is 1.29 bits per heavy atom. The SMILES string of the molecule is CCN[C@H](CC(C)C)C(=O)OC(C)C. The van der Waals surface area contributed by atoms with Crippen molar-refractivity contribution in [2.24, 2.45) is 5.92 Å². The number of hydrogen-bond acceptors (Lipinski definition) is 3. The molecule has 0 aromatic heterocycles. The molecule has 0 rings (SSSR count). The largest absolute Gasteiger partial charge is 0.462 e. The van der Waals surface area contributed by atoms with Gasteiger partial charge in [-0.3, -0.25) is 4.79 Å². The molecular weight excluding hydrogens is 178 g/mol. The molecule has 1 atom stereocenters. The molecule has 1 N–H and O–H groups in total. The van der Waals surface area contributed by atoms with Crippen LogP contribution in [0.4, 0.5) is 0 Å². The van der Waals surface area contributed by atoms with Crippen LogP contribution in [0.5, 0.6) is 0 Å². The summed E-state index contributed by atoms with van der Waals surface area (Å²) in [5, 5.41) is 3.14. The zero-order valence-electron chi connectivity index (χ0n) is 9.96. The average Bonchev–Trinajstić information content (AvgIpc) is 2.01.